The van der Waals surface area contributed by atoms with Gasteiger partial charge in [-0.2, -0.15) is 0 Å². The Kier molecular flexibility index (Phi) is 7.59. The van der Waals surface area contributed by atoms with E-state index in [0.29, 0.717) is 17.9 Å². The number of aromatic nitrogens is 2. The van der Waals surface area contributed by atoms with Crippen LogP contribution in [-0.4, -0.2) is 9.13 Å². The Balaban J connectivity index is 1.15. The Morgan fingerprint density at radius 1 is 0.784 bits per heavy atom. The summed E-state index contributed by atoms with van der Waals surface area (Å²) < 4.78 is 5.35. The molecular formula is C49H46N2. The number of fused-ring (bicyclic) bond motifs is 6. The van der Waals surface area contributed by atoms with Crippen molar-refractivity contribution in [1.82, 2.24) is 9.13 Å². The Morgan fingerprint density at radius 3 is 2.57 bits per heavy atom. The van der Waals surface area contributed by atoms with Crippen LogP contribution >= 0.6 is 0 Å². The molecule has 3 aromatic carbocycles. The van der Waals surface area contributed by atoms with Crippen LogP contribution in [0.1, 0.15) is 97.5 Å². The normalized spacial score (nSPS) is 22.7. The Morgan fingerprint density at radius 2 is 1.69 bits per heavy atom. The largest absolute Gasteiger partial charge is 0.337 e. The van der Waals surface area contributed by atoms with Gasteiger partial charge < -0.3 is 9.13 Å². The lowest BCUT2D eigenvalue weighted by molar-refractivity contribution is 0.515. The van der Waals surface area contributed by atoms with Gasteiger partial charge in [0.15, 0.2) is 0 Å². The first-order valence-corrected chi connectivity index (χ1v) is 19.4. The summed E-state index contributed by atoms with van der Waals surface area (Å²) >= 11 is 0. The number of nitrogens with zero attached hydrogens (tertiary/aromatic N) is 2. The molecule has 2 nitrogen and oxygen atoms in total. The molecule has 0 fully saturated rings. The molecule has 0 radical (unpaired) electrons. The monoisotopic (exact) mass is 662 g/mol. The zero-order valence-electron chi connectivity index (χ0n) is 29.7. The molecular weight excluding hydrogens is 617 g/mol. The van der Waals surface area contributed by atoms with Crippen LogP contribution in [0.4, 0.5) is 0 Å². The van der Waals surface area contributed by atoms with Crippen LogP contribution in [0.2, 0.25) is 0 Å². The zero-order valence-corrected chi connectivity index (χ0v) is 29.7. The van der Waals surface area contributed by atoms with E-state index in [4.69, 9.17) is 0 Å². The maximum absolute atomic E-state index is 2.69. The lowest BCUT2D eigenvalue weighted by Gasteiger charge is -2.28. The minimum Gasteiger partial charge on any atom is -0.337 e. The molecule has 3 atom stereocenters. The fourth-order valence-corrected chi connectivity index (χ4v) is 9.78. The second-order valence-electron chi connectivity index (χ2n) is 15.4. The summed E-state index contributed by atoms with van der Waals surface area (Å²) in [6, 6.07) is 28.2. The number of aryl methyl sites for hydroxylation is 1. The third-order valence-corrected chi connectivity index (χ3v) is 12.1. The van der Waals surface area contributed by atoms with E-state index >= 15 is 0 Å². The molecule has 2 aromatic heterocycles. The summed E-state index contributed by atoms with van der Waals surface area (Å²) in [6.07, 6.45) is 34.4. The molecule has 51 heavy (non-hydrogen) atoms. The molecule has 0 spiro atoms. The molecule has 0 N–H and O–H groups in total. The quantitative estimate of drug-likeness (QED) is 0.166. The number of benzene rings is 3. The van der Waals surface area contributed by atoms with Crippen LogP contribution in [0.15, 0.2) is 139 Å². The maximum atomic E-state index is 2.69. The molecule has 3 unspecified atom stereocenters. The van der Waals surface area contributed by atoms with E-state index in [1.54, 1.807) is 0 Å². The van der Waals surface area contributed by atoms with Crippen LogP contribution in [0.3, 0.4) is 0 Å². The Bertz CT molecular complexity index is 2410. The number of allylic oxidation sites excluding steroid dienone is 12. The van der Waals surface area contributed by atoms with E-state index in [9.17, 15) is 0 Å². The van der Waals surface area contributed by atoms with E-state index in [-0.39, 0.29) is 0 Å². The van der Waals surface area contributed by atoms with Crippen molar-refractivity contribution in [3.05, 3.63) is 172 Å². The van der Waals surface area contributed by atoms with Gasteiger partial charge in [0, 0.05) is 44.7 Å². The minimum absolute atomic E-state index is 0.319. The highest BCUT2D eigenvalue weighted by atomic mass is 15.0. The van der Waals surface area contributed by atoms with Crippen LogP contribution in [0.5, 0.6) is 0 Å². The maximum Gasteiger partial charge on any atom is 0.0572 e. The zero-order chi connectivity index (χ0) is 33.9. The first-order chi connectivity index (χ1) is 25.2. The standard InChI is InChI=1S/C49H46N2/c1-33-14-12-17-35(28-33)38-29-37(34-15-4-2-5-16-34)30-40(31-38)51-47-25-11-8-20-42(47)44-23-13-22-41(49(44)51)36-26-27-48-45(32-36)43-21-9-10-24-46(43)50(48)39-18-6-3-7-19-39/h2,4-6,8-9,11-12,14-18,20-22,25-27,29,31-33,37,39H,3,7,10,13,19,23-24,28,30H2,1H3. The van der Waals surface area contributed by atoms with Crippen molar-refractivity contribution in [3.8, 4) is 0 Å². The van der Waals surface area contributed by atoms with Crippen LogP contribution in [-0.2, 0) is 12.8 Å². The third-order valence-electron chi connectivity index (χ3n) is 12.1. The predicted octanol–water partition coefficient (Wildman–Crippen LogP) is 12.7. The number of para-hydroxylation sites is 1. The fraction of sp³-hybridized carbons (Fsp3) is 0.265. The lowest BCUT2D eigenvalue weighted by atomic mass is 9.82. The van der Waals surface area contributed by atoms with Gasteiger partial charge in [0.1, 0.15) is 0 Å². The molecule has 2 heteroatoms. The van der Waals surface area contributed by atoms with E-state index in [0.717, 1.165) is 38.5 Å². The van der Waals surface area contributed by atoms with E-state index in [1.807, 2.05) is 0 Å². The average Bonchev–Trinajstić information content (AvgIpc) is 3.71. The van der Waals surface area contributed by atoms with E-state index in [1.165, 1.54) is 97.1 Å². The van der Waals surface area contributed by atoms with Gasteiger partial charge in [-0.25, -0.2) is 0 Å². The molecule has 2 heterocycles. The average molecular weight is 663 g/mol. The SMILES string of the molecule is CC1C=CC=C(C2=CC(c3ccccc3)CC(n3c4c(c5ccccc53)CCC=C4c3ccc4c(c3)c3c(n4C4C=CCCC4)CCC=C3)=C2)C1. The van der Waals surface area contributed by atoms with Crippen LogP contribution < -0.4 is 0 Å². The summed E-state index contributed by atoms with van der Waals surface area (Å²) in [7, 11) is 0. The number of hydrogen-bond donors (Lipinski definition) is 0. The van der Waals surface area contributed by atoms with Crippen molar-refractivity contribution in [2.24, 2.45) is 5.92 Å². The van der Waals surface area contributed by atoms with Crippen molar-refractivity contribution >= 4 is 39.2 Å². The smallest absolute Gasteiger partial charge is 0.0572 e. The first-order valence-electron chi connectivity index (χ1n) is 19.4. The summed E-state index contributed by atoms with van der Waals surface area (Å²) in [5.74, 6) is 0.869. The highest BCUT2D eigenvalue weighted by molar-refractivity contribution is 6.00. The van der Waals surface area contributed by atoms with Crippen LogP contribution in [0.25, 0.3) is 39.2 Å². The second kappa shape index (κ2) is 12.6. The molecule has 0 aliphatic heterocycles. The summed E-state index contributed by atoms with van der Waals surface area (Å²) in [5, 5.41) is 2.81. The predicted molar refractivity (Wildman–Crippen MR) is 216 cm³/mol. The van der Waals surface area contributed by atoms with Crippen molar-refractivity contribution in [3.63, 3.8) is 0 Å². The third kappa shape index (κ3) is 5.22. The number of hydrogen-bond acceptors (Lipinski definition) is 0. The summed E-state index contributed by atoms with van der Waals surface area (Å²) in [5.41, 5.74) is 16.9. The molecule has 5 aliphatic rings. The lowest BCUT2D eigenvalue weighted by Crippen LogP contribution is -2.13. The first kappa shape index (κ1) is 30.7. The molecule has 0 amide bonds. The molecule has 5 aliphatic carbocycles. The van der Waals surface area contributed by atoms with Crippen molar-refractivity contribution in [2.45, 2.75) is 76.7 Å². The second-order valence-corrected chi connectivity index (χ2v) is 15.4. The topological polar surface area (TPSA) is 9.86 Å². The summed E-state index contributed by atoms with van der Waals surface area (Å²) in [4.78, 5) is 0. The van der Waals surface area contributed by atoms with Gasteiger partial charge in [0.25, 0.3) is 0 Å². The van der Waals surface area contributed by atoms with Crippen molar-refractivity contribution < 1.29 is 0 Å². The molecule has 0 saturated heterocycles. The van der Waals surface area contributed by atoms with Gasteiger partial charge in [-0.3, -0.25) is 0 Å². The van der Waals surface area contributed by atoms with Gasteiger partial charge in [-0.05, 0) is 116 Å². The Hall–Kier alpha value is -5.08. The van der Waals surface area contributed by atoms with E-state index < -0.39 is 0 Å². The summed E-state index contributed by atoms with van der Waals surface area (Å²) in [6.45, 7) is 2.34. The van der Waals surface area contributed by atoms with Gasteiger partial charge >= 0.3 is 0 Å². The van der Waals surface area contributed by atoms with Gasteiger partial charge in [0.2, 0.25) is 0 Å². The fourth-order valence-electron chi connectivity index (χ4n) is 9.78. The van der Waals surface area contributed by atoms with Crippen molar-refractivity contribution in [2.75, 3.05) is 0 Å². The van der Waals surface area contributed by atoms with Gasteiger partial charge in [0.05, 0.1) is 17.3 Å². The highest BCUT2D eigenvalue weighted by Gasteiger charge is 2.30. The molecule has 10 rings (SSSR count). The molecule has 5 aromatic rings. The van der Waals surface area contributed by atoms with Gasteiger partial charge in [-0.15, -0.1) is 0 Å². The minimum atomic E-state index is 0.319. The Labute approximate surface area is 302 Å². The van der Waals surface area contributed by atoms with Gasteiger partial charge in [-0.1, -0.05) is 116 Å². The molecule has 252 valence electrons. The van der Waals surface area contributed by atoms with E-state index in [2.05, 4.69) is 150 Å². The van der Waals surface area contributed by atoms with Crippen LogP contribution in [0, 0.1) is 5.92 Å². The highest BCUT2D eigenvalue weighted by Crippen LogP contribution is 2.46. The molecule has 0 bridgehead atoms. The van der Waals surface area contributed by atoms with Crippen molar-refractivity contribution in [1.29, 1.82) is 0 Å². The molecule has 0 saturated carbocycles. The number of rotatable bonds is 5.